The Morgan fingerprint density at radius 3 is 2.17 bits per heavy atom. The second-order valence-corrected chi connectivity index (χ2v) is 7.76. The third-order valence-corrected chi connectivity index (χ3v) is 5.12. The fraction of sp³-hybridized carbons (Fsp3) is 0.200. The van der Waals surface area contributed by atoms with Crippen molar-refractivity contribution < 1.29 is 21.6 Å². The van der Waals surface area contributed by atoms with Gasteiger partial charge in [0.25, 0.3) is 10.0 Å². The van der Waals surface area contributed by atoms with Crippen molar-refractivity contribution in [2.24, 2.45) is 0 Å². The average Bonchev–Trinajstić information content (AvgIpc) is 2.41. The summed E-state index contributed by atoms with van der Waals surface area (Å²) in [6.07, 6.45) is 0. The lowest BCUT2D eigenvalue weighted by molar-refractivity contribution is -0.0328. The lowest BCUT2D eigenvalue weighted by atomic mass is 10.2. The lowest BCUT2D eigenvalue weighted by Crippen LogP contribution is -2.14. The van der Waals surface area contributed by atoms with Gasteiger partial charge in [0.2, 0.25) is 0 Å². The number of anilines is 1. The highest BCUT2D eigenvalue weighted by molar-refractivity contribution is 8.00. The number of aryl methyl sites for hydroxylation is 2. The van der Waals surface area contributed by atoms with Crippen molar-refractivity contribution in [2.75, 3.05) is 4.72 Å². The highest BCUT2D eigenvalue weighted by atomic mass is 32.2. The van der Waals surface area contributed by atoms with E-state index in [-0.39, 0.29) is 27.2 Å². The molecular weight excluding hydrogens is 347 g/mol. The largest absolute Gasteiger partial charge is 0.446 e. The van der Waals surface area contributed by atoms with Crippen LogP contribution in [0.1, 0.15) is 11.1 Å². The van der Waals surface area contributed by atoms with Crippen LogP contribution in [-0.2, 0) is 10.0 Å². The van der Waals surface area contributed by atoms with Gasteiger partial charge in [0.05, 0.1) is 10.6 Å². The molecule has 0 atom stereocenters. The maximum absolute atomic E-state index is 12.4. The second-order valence-electron chi connectivity index (χ2n) is 4.94. The highest BCUT2D eigenvalue weighted by Gasteiger charge is 2.29. The van der Waals surface area contributed by atoms with Crippen LogP contribution in [0.2, 0.25) is 0 Å². The van der Waals surface area contributed by atoms with Crippen molar-refractivity contribution in [3.05, 3.63) is 53.6 Å². The molecule has 0 spiro atoms. The van der Waals surface area contributed by atoms with Gasteiger partial charge in [0.15, 0.2) is 0 Å². The Bertz CT molecular complexity index is 800. The first-order chi connectivity index (χ1) is 10.6. The zero-order valence-corrected chi connectivity index (χ0v) is 13.9. The molecule has 0 radical (unpaired) electrons. The molecule has 0 aromatic heterocycles. The summed E-state index contributed by atoms with van der Waals surface area (Å²) in [7, 11) is -3.85. The van der Waals surface area contributed by atoms with Gasteiger partial charge >= 0.3 is 5.51 Å². The summed E-state index contributed by atoms with van der Waals surface area (Å²) in [6.45, 7) is 3.45. The van der Waals surface area contributed by atoms with E-state index in [1.807, 2.05) is 6.92 Å². The number of rotatable bonds is 4. The number of thioether (sulfide) groups is 1. The van der Waals surface area contributed by atoms with Gasteiger partial charge in [-0.2, -0.15) is 13.2 Å². The molecule has 0 fully saturated rings. The molecule has 2 aromatic rings. The van der Waals surface area contributed by atoms with Crippen LogP contribution >= 0.6 is 11.8 Å². The summed E-state index contributed by atoms with van der Waals surface area (Å²) in [4.78, 5) is -0.0268. The van der Waals surface area contributed by atoms with Crippen molar-refractivity contribution in [3.63, 3.8) is 0 Å². The first-order valence-electron chi connectivity index (χ1n) is 6.53. The van der Waals surface area contributed by atoms with Crippen molar-refractivity contribution >= 4 is 27.5 Å². The molecule has 0 aliphatic heterocycles. The summed E-state index contributed by atoms with van der Waals surface area (Å²) in [5.74, 6) is 0. The number of halogens is 3. The van der Waals surface area contributed by atoms with Gasteiger partial charge in [0.1, 0.15) is 0 Å². The van der Waals surface area contributed by atoms with Gasteiger partial charge in [-0.3, -0.25) is 4.72 Å². The third-order valence-electron chi connectivity index (χ3n) is 3.02. The lowest BCUT2D eigenvalue weighted by Gasteiger charge is -2.13. The van der Waals surface area contributed by atoms with E-state index in [9.17, 15) is 21.6 Å². The number of alkyl halides is 3. The molecule has 0 bridgehead atoms. The molecule has 0 aliphatic carbocycles. The van der Waals surface area contributed by atoms with E-state index in [2.05, 4.69) is 4.72 Å². The molecule has 8 heteroatoms. The zero-order chi connectivity index (χ0) is 17.3. The van der Waals surface area contributed by atoms with Gasteiger partial charge in [0, 0.05) is 4.90 Å². The molecule has 0 unspecified atom stereocenters. The Morgan fingerprint density at radius 2 is 1.61 bits per heavy atom. The van der Waals surface area contributed by atoms with E-state index >= 15 is 0 Å². The van der Waals surface area contributed by atoms with Gasteiger partial charge in [-0.15, -0.1) is 0 Å². The molecule has 0 saturated heterocycles. The highest BCUT2D eigenvalue weighted by Crippen LogP contribution is 2.38. The molecular formula is C15H14F3NO2S2. The van der Waals surface area contributed by atoms with E-state index in [4.69, 9.17) is 0 Å². The normalized spacial score (nSPS) is 12.2. The molecule has 2 rings (SSSR count). The minimum Gasteiger partial charge on any atom is -0.279 e. The van der Waals surface area contributed by atoms with Crippen molar-refractivity contribution in [3.8, 4) is 0 Å². The summed E-state index contributed by atoms with van der Waals surface area (Å²) >= 11 is -0.287. The molecule has 3 nitrogen and oxygen atoms in total. The van der Waals surface area contributed by atoms with Crippen LogP contribution in [0.15, 0.2) is 52.3 Å². The molecule has 0 heterocycles. The molecule has 0 aliphatic rings. The van der Waals surface area contributed by atoms with Crippen LogP contribution < -0.4 is 4.72 Å². The van der Waals surface area contributed by atoms with Crippen molar-refractivity contribution in [2.45, 2.75) is 29.1 Å². The fourth-order valence-electron chi connectivity index (χ4n) is 1.83. The van der Waals surface area contributed by atoms with Crippen LogP contribution in [0.3, 0.4) is 0 Å². The molecule has 0 saturated carbocycles. The Morgan fingerprint density at radius 1 is 1.00 bits per heavy atom. The number of nitrogens with one attached hydrogen (secondary N) is 1. The van der Waals surface area contributed by atoms with Crippen molar-refractivity contribution in [1.82, 2.24) is 0 Å². The monoisotopic (exact) mass is 361 g/mol. The Kier molecular flexibility index (Phi) is 4.95. The Labute approximate surface area is 137 Å². The maximum Gasteiger partial charge on any atom is 0.446 e. The minimum atomic E-state index is -4.43. The third kappa shape index (κ3) is 4.90. The Balaban J connectivity index is 2.31. The summed E-state index contributed by atoms with van der Waals surface area (Å²) in [6, 6.07) is 10.1. The first kappa shape index (κ1) is 17.7. The molecule has 2 aromatic carbocycles. The van der Waals surface area contributed by atoms with Gasteiger partial charge in [-0.05, 0) is 55.4 Å². The van der Waals surface area contributed by atoms with Gasteiger partial charge < -0.3 is 0 Å². The van der Waals surface area contributed by atoms with Crippen molar-refractivity contribution in [1.29, 1.82) is 0 Å². The molecule has 0 amide bonds. The van der Waals surface area contributed by atoms with Crippen LogP contribution in [-0.4, -0.2) is 13.9 Å². The minimum absolute atomic E-state index is 0.0522. The summed E-state index contributed by atoms with van der Waals surface area (Å²) < 4.78 is 64.3. The maximum atomic E-state index is 12.4. The number of benzene rings is 2. The van der Waals surface area contributed by atoms with Crippen LogP contribution in [0, 0.1) is 13.8 Å². The van der Waals surface area contributed by atoms with E-state index in [1.54, 1.807) is 19.1 Å². The predicted molar refractivity (Wildman–Crippen MR) is 85.1 cm³/mol. The molecule has 1 N–H and O–H groups in total. The number of hydrogen-bond acceptors (Lipinski definition) is 3. The smallest absolute Gasteiger partial charge is 0.279 e. The first-order valence-corrected chi connectivity index (χ1v) is 8.83. The molecule has 124 valence electrons. The predicted octanol–water partition coefficient (Wildman–Crippen LogP) is 4.72. The van der Waals surface area contributed by atoms with E-state index in [0.717, 1.165) is 5.56 Å². The van der Waals surface area contributed by atoms with E-state index in [0.29, 0.717) is 5.56 Å². The average molecular weight is 361 g/mol. The zero-order valence-electron chi connectivity index (χ0n) is 12.3. The van der Waals surface area contributed by atoms with E-state index < -0.39 is 15.5 Å². The van der Waals surface area contributed by atoms with Crippen LogP contribution in [0.5, 0.6) is 0 Å². The fourth-order valence-corrected chi connectivity index (χ4v) is 3.53. The van der Waals surface area contributed by atoms with E-state index in [1.165, 1.54) is 30.3 Å². The Hall–Kier alpha value is -1.67. The molecule has 23 heavy (non-hydrogen) atoms. The summed E-state index contributed by atoms with van der Waals surface area (Å²) in [5, 5.41) is 0. The number of sulfonamides is 1. The van der Waals surface area contributed by atoms with Gasteiger partial charge in [-0.25, -0.2) is 8.42 Å². The second kappa shape index (κ2) is 6.45. The van der Waals surface area contributed by atoms with Crippen LogP contribution in [0.4, 0.5) is 18.9 Å². The topological polar surface area (TPSA) is 46.2 Å². The van der Waals surface area contributed by atoms with Crippen LogP contribution in [0.25, 0.3) is 0 Å². The standard InChI is InChI=1S/C15H14F3NO2S2/c1-10-3-7-13(8-4-10)23(20,21)19-14-9-12(6-5-11(14)2)22-15(16,17)18/h3-9,19H,1-2H3. The number of hydrogen-bond donors (Lipinski definition) is 1. The van der Waals surface area contributed by atoms with Gasteiger partial charge in [-0.1, -0.05) is 23.8 Å². The summed E-state index contributed by atoms with van der Waals surface area (Å²) in [5.41, 5.74) is -2.86. The SMILES string of the molecule is Cc1ccc(S(=O)(=O)Nc2cc(SC(F)(F)F)ccc2C)cc1. The quantitative estimate of drug-likeness (QED) is 0.802.